The summed E-state index contributed by atoms with van der Waals surface area (Å²) >= 11 is 0. The Morgan fingerprint density at radius 1 is 0.878 bits per heavy atom. The first-order valence-electron chi connectivity index (χ1n) is 12.6. The lowest BCUT2D eigenvalue weighted by atomic mass is 9.94. The van der Waals surface area contributed by atoms with Gasteiger partial charge in [0.15, 0.2) is 24.4 Å². The molecule has 1 amide bonds. The summed E-state index contributed by atoms with van der Waals surface area (Å²) in [5.41, 5.74) is 1.13. The Bertz CT molecular complexity index is 1220. The van der Waals surface area contributed by atoms with E-state index in [2.05, 4.69) is 17.2 Å². The van der Waals surface area contributed by atoms with Gasteiger partial charge in [0.2, 0.25) is 5.91 Å². The number of nitrogens with one attached hydrogen (secondary N) is 1. The van der Waals surface area contributed by atoms with E-state index in [1.54, 1.807) is 24.3 Å². The molecule has 1 N–H and O–H groups in total. The van der Waals surface area contributed by atoms with Gasteiger partial charge >= 0.3 is 29.8 Å². The minimum absolute atomic E-state index is 0.126. The fourth-order valence-corrected chi connectivity index (χ4v) is 4.09. The maximum atomic E-state index is 12.1. The lowest BCUT2D eigenvalue weighted by molar-refractivity contribution is -0.242. The third-order valence-electron chi connectivity index (χ3n) is 5.58. The van der Waals surface area contributed by atoms with E-state index in [0.717, 1.165) is 20.8 Å². The van der Waals surface area contributed by atoms with Crippen molar-refractivity contribution in [2.75, 3.05) is 13.7 Å². The normalized spacial score (nSPS) is 22.0. The maximum Gasteiger partial charge on any atom is 0.328 e. The molecule has 41 heavy (non-hydrogen) atoms. The van der Waals surface area contributed by atoms with Gasteiger partial charge in [-0.25, -0.2) is 4.79 Å². The summed E-state index contributed by atoms with van der Waals surface area (Å²) in [5.74, 6) is 1.87. The number of carbonyl (C=O) groups excluding carboxylic acids is 6. The van der Waals surface area contributed by atoms with Crippen LogP contribution in [0.2, 0.25) is 0 Å². The summed E-state index contributed by atoms with van der Waals surface area (Å²) in [5, 5.41) is 2.54. The largest absolute Gasteiger partial charge is 0.467 e. The highest BCUT2D eigenvalue weighted by Crippen LogP contribution is 2.29. The molecule has 6 atom stereocenters. The molecule has 1 saturated heterocycles. The molecular formula is C28H33NO12. The first-order valence-corrected chi connectivity index (χ1v) is 12.6. The van der Waals surface area contributed by atoms with E-state index in [1.807, 2.05) is 0 Å². The van der Waals surface area contributed by atoms with Crippen LogP contribution in [-0.4, -0.2) is 86.0 Å². The highest BCUT2D eigenvalue weighted by molar-refractivity contribution is 5.83. The van der Waals surface area contributed by atoms with Crippen LogP contribution >= 0.6 is 0 Å². The van der Waals surface area contributed by atoms with Crippen molar-refractivity contribution in [2.24, 2.45) is 0 Å². The zero-order valence-corrected chi connectivity index (χ0v) is 23.6. The third kappa shape index (κ3) is 10.6. The number of hydrogen-bond acceptors (Lipinski definition) is 12. The molecule has 1 heterocycles. The van der Waals surface area contributed by atoms with Crippen LogP contribution in [0.25, 0.3) is 0 Å². The van der Waals surface area contributed by atoms with Gasteiger partial charge in [-0.15, -0.1) is 0 Å². The van der Waals surface area contributed by atoms with Gasteiger partial charge in [0.25, 0.3) is 0 Å². The zero-order chi connectivity index (χ0) is 30.7. The highest BCUT2D eigenvalue weighted by Gasteiger charge is 2.51. The Hall–Kier alpha value is -4.44. The van der Waals surface area contributed by atoms with Crippen LogP contribution in [0.15, 0.2) is 24.3 Å². The number of benzene rings is 1. The number of esters is 5. The van der Waals surface area contributed by atoms with Crippen LogP contribution < -0.4 is 5.32 Å². The SMILES string of the molecule is COC(=O)[C@H](Cc1cccc(C#C[C@@H]2O[C@H](COC(C)=O)[C@@H](OC(C)=O)[C@H](OC(C)=O)[C@H]2OC(C)=O)c1)NC(C)=O. The van der Waals surface area contributed by atoms with E-state index >= 15 is 0 Å². The fourth-order valence-electron chi connectivity index (χ4n) is 4.09. The lowest BCUT2D eigenvalue weighted by Crippen LogP contribution is -2.62. The minimum Gasteiger partial charge on any atom is -0.467 e. The van der Waals surface area contributed by atoms with Gasteiger partial charge < -0.3 is 33.7 Å². The number of carbonyl (C=O) groups is 6. The Labute approximate surface area is 237 Å². The van der Waals surface area contributed by atoms with Crippen LogP contribution in [0.1, 0.15) is 45.7 Å². The zero-order valence-electron chi connectivity index (χ0n) is 23.6. The number of methoxy groups -OCH3 is 1. The third-order valence-corrected chi connectivity index (χ3v) is 5.58. The van der Waals surface area contributed by atoms with Gasteiger partial charge in [-0.05, 0) is 17.7 Å². The van der Waals surface area contributed by atoms with Crippen LogP contribution in [0, 0.1) is 11.8 Å². The Morgan fingerprint density at radius 3 is 2.05 bits per heavy atom. The van der Waals surface area contributed by atoms with Crippen LogP contribution in [0.4, 0.5) is 0 Å². The van der Waals surface area contributed by atoms with Crippen molar-refractivity contribution in [2.45, 2.75) is 77.6 Å². The van der Waals surface area contributed by atoms with E-state index in [-0.39, 0.29) is 13.0 Å². The molecule has 0 aliphatic carbocycles. The summed E-state index contributed by atoms with van der Waals surface area (Å²) in [6.07, 6.45) is -6.14. The molecule has 0 unspecified atom stereocenters. The molecule has 1 aliphatic rings. The standard InChI is InChI=1S/C28H33NO12/c1-15(30)29-22(28(35)36-6)13-21-9-7-8-20(12-21)10-11-23-25(38-17(3)32)27(40-19(5)34)26(39-18(4)33)24(41-23)14-37-16(2)31/h7-9,12,22-27H,13-14H2,1-6H3,(H,29,30)/t22-,23-,24+,25-,26+,27+/m0/s1. The van der Waals surface area contributed by atoms with Crippen molar-refractivity contribution in [1.29, 1.82) is 0 Å². The van der Waals surface area contributed by atoms with E-state index in [1.165, 1.54) is 21.0 Å². The average Bonchev–Trinajstić information content (AvgIpc) is 2.87. The molecule has 222 valence electrons. The second kappa shape index (κ2) is 15.4. The molecule has 0 aromatic heterocycles. The molecule has 0 spiro atoms. The fraction of sp³-hybridized carbons (Fsp3) is 0.500. The lowest BCUT2D eigenvalue weighted by Gasteiger charge is -2.42. The molecular weight excluding hydrogens is 542 g/mol. The predicted octanol–water partition coefficient (Wildman–Crippen LogP) is 0.384. The van der Waals surface area contributed by atoms with Crippen LogP contribution in [-0.2, 0) is 63.6 Å². The minimum atomic E-state index is -1.33. The molecule has 0 radical (unpaired) electrons. The number of ether oxygens (including phenoxy) is 6. The second-order valence-corrected chi connectivity index (χ2v) is 9.07. The molecule has 0 saturated carbocycles. The van der Waals surface area contributed by atoms with Gasteiger partial charge in [-0.1, -0.05) is 24.0 Å². The number of amides is 1. The summed E-state index contributed by atoms with van der Waals surface area (Å²) < 4.78 is 32.0. The number of rotatable bonds is 9. The van der Waals surface area contributed by atoms with E-state index in [9.17, 15) is 28.8 Å². The predicted molar refractivity (Wildman–Crippen MR) is 139 cm³/mol. The monoisotopic (exact) mass is 575 g/mol. The quantitative estimate of drug-likeness (QED) is 0.244. The first-order chi connectivity index (χ1) is 19.3. The van der Waals surface area contributed by atoms with Crippen molar-refractivity contribution in [3.63, 3.8) is 0 Å². The van der Waals surface area contributed by atoms with Crippen molar-refractivity contribution in [3.05, 3.63) is 35.4 Å². The molecule has 0 bridgehead atoms. The van der Waals surface area contributed by atoms with E-state index < -0.39 is 72.3 Å². The van der Waals surface area contributed by atoms with Gasteiger partial charge in [-0.3, -0.25) is 24.0 Å². The van der Waals surface area contributed by atoms with Gasteiger partial charge in [0.05, 0.1) is 7.11 Å². The number of hydrogen-bond donors (Lipinski definition) is 1. The average molecular weight is 576 g/mol. The molecule has 13 heteroatoms. The van der Waals surface area contributed by atoms with E-state index in [0.29, 0.717) is 11.1 Å². The molecule has 1 aromatic rings. The molecule has 1 aromatic carbocycles. The van der Waals surface area contributed by atoms with Crippen LogP contribution in [0.3, 0.4) is 0 Å². The highest BCUT2D eigenvalue weighted by atomic mass is 16.7. The molecule has 1 aliphatic heterocycles. The molecule has 1 fully saturated rings. The molecule has 13 nitrogen and oxygen atoms in total. The second-order valence-electron chi connectivity index (χ2n) is 9.07. The Kier molecular flexibility index (Phi) is 12.3. The Morgan fingerprint density at radius 2 is 1.49 bits per heavy atom. The summed E-state index contributed by atoms with van der Waals surface area (Å²) in [4.78, 5) is 70.9. The van der Waals surface area contributed by atoms with Crippen molar-refractivity contribution >= 4 is 35.8 Å². The Balaban J connectivity index is 2.47. The van der Waals surface area contributed by atoms with E-state index in [4.69, 9.17) is 28.4 Å². The van der Waals surface area contributed by atoms with Gasteiger partial charge in [0, 0.05) is 46.6 Å². The smallest absolute Gasteiger partial charge is 0.328 e. The molecule has 2 rings (SSSR count). The van der Waals surface area contributed by atoms with Crippen molar-refractivity contribution in [3.8, 4) is 11.8 Å². The maximum absolute atomic E-state index is 12.1. The topological polar surface area (TPSA) is 170 Å². The van der Waals surface area contributed by atoms with Crippen LogP contribution in [0.5, 0.6) is 0 Å². The summed E-state index contributed by atoms with van der Waals surface area (Å²) in [6, 6.07) is 5.86. The van der Waals surface area contributed by atoms with Gasteiger partial charge in [-0.2, -0.15) is 0 Å². The van der Waals surface area contributed by atoms with Gasteiger partial charge in [0.1, 0.15) is 18.8 Å². The first kappa shape index (κ1) is 32.8. The summed E-state index contributed by atoms with van der Waals surface area (Å²) in [6.45, 7) is 5.48. The van der Waals surface area contributed by atoms with Crippen molar-refractivity contribution in [1.82, 2.24) is 5.32 Å². The van der Waals surface area contributed by atoms with Crippen molar-refractivity contribution < 1.29 is 57.2 Å². The summed E-state index contributed by atoms with van der Waals surface area (Å²) in [7, 11) is 1.21.